The molecule has 1 unspecified atom stereocenters. The minimum Gasteiger partial charge on any atom is -0.494 e. The van der Waals surface area contributed by atoms with Crippen LogP contribution in [0.1, 0.15) is 22.8 Å². The maximum absolute atomic E-state index is 13.7. The molecule has 2 rings (SSSR count). The molecule has 0 aliphatic rings. The summed E-state index contributed by atoms with van der Waals surface area (Å²) in [5.41, 5.74) is 2.18. The quantitative estimate of drug-likeness (QED) is 0.925. The average molecular weight is 325 g/mol. The molecule has 1 N–H and O–H groups in total. The molecule has 0 fully saturated rings. The van der Waals surface area contributed by atoms with Crippen molar-refractivity contribution in [2.45, 2.75) is 13.0 Å². The van der Waals surface area contributed by atoms with Gasteiger partial charge in [0, 0.05) is 4.47 Å². The van der Waals surface area contributed by atoms with E-state index in [9.17, 15) is 9.50 Å². The van der Waals surface area contributed by atoms with E-state index in [0.717, 1.165) is 15.6 Å². The summed E-state index contributed by atoms with van der Waals surface area (Å²) < 4.78 is 19.4. The number of ether oxygens (including phenoxy) is 1. The van der Waals surface area contributed by atoms with Crippen LogP contribution < -0.4 is 4.74 Å². The second-order valence-corrected chi connectivity index (χ2v) is 5.10. The number of halogens is 2. The van der Waals surface area contributed by atoms with Gasteiger partial charge in [-0.3, -0.25) is 0 Å². The number of benzene rings is 2. The van der Waals surface area contributed by atoms with Gasteiger partial charge in [-0.2, -0.15) is 0 Å². The standard InChI is InChI=1S/C15H14BrFO2/c1-9-11(4-3-5-12(9)16)15(18)10-6-7-14(19-2)13(17)8-10/h3-8,15,18H,1-2H3. The van der Waals surface area contributed by atoms with Crippen molar-refractivity contribution in [2.24, 2.45) is 0 Å². The average Bonchev–Trinajstić information content (AvgIpc) is 2.41. The number of aliphatic hydroxyl groups excluding tert-OH is 1. The zero-order valence-electron chi connectivity index (χ0n) is 10.7. The van der Waals surface area contributed by atoms with Gasteiger partial charge in [-0.25, -0.2) is 4.39 Å². The summed E-state index contributed by atoms with van der Waals surface area (Å²) in [4.78, 5) is 0. The first-order chi connectivity index (χ1) is 9.04. The zero-order valence-corrected chi connectivity index (χ0v) is 12.2. The third-order valence-electron chi connectivity index (χ3n) is 3.10. The van der Waals surface area contributed by atoms with Crippen LogP contribution in [0.4, 0.5) is 4.39 Å². The summed E-state index contributed by atoms with van der Waals surface area (Å²) in [6.45, 7) is 1.91. The molecule has 0 heterocycles. The smallest absolute Gasteiger partial charge is 0.165 e. The molecule has 0 amide bonds. The van der Waals surface area contributed by atoms with E-state index in [-0.39, 0.29) is 5.75 Å². The SMILES string of the molecule is COc1ccc(C(O)c2cccc(Br)c2C)cc1F. The van der Waals surface area contributed by atoms with Gasteiger partial charge in [0.1, 0.15) is 6.10 Å². The van der Waals surface area contributed by atoms with Gasteiger partial charge in [0.2, 0.25) is 0 Å². The van der Waals surface area contributed by atoms with E-state index < -0.39 is 11.9 Å². The highest BCUT2D eigenvalue weighted by molar-refractivity contribution is 9.10. The predicted octanol–water partition coefficient (Wildman–Crippen LogP) is 3.99. The topological polar surface area (TPSA) is 29.5 Å². The van der Waals surface area contributed by atoms with Gasteiger partial charge >= 0.3 is 0 Å². The van der Waals surface area contributed by atoms with E-state index in [0.29, 0.717) is 5.56 Å². The second-order valence-electron chi connectivity index (χ2n) is 4.25. The lowest BCUT2D eigenvalue weighted by Crippen LogP contribution is -2.03. The molecule has 0 aliphatic carbocycles. The molecule has 4 heteroatoms. The largest absolute Gasteiger partial charge is 0.494 e. The van der Waals surface area contributed by atoms with Crippen LogP contribution in [0, 0.1) is 12.7 Å². The van der Waals surface area contributed by atoms with E-state index in [1.807, 2.05) is 25.1 Å². The summed E-state index contributed by atoms with van der Waals surface area (Å²) >= 11 is 3.42. The molecule has 0 aliphatic heterocycles. The number of aliphatic hydroxyl groups is 1. The van der Waals surface area contributed by atoms with Crippen LogP contribution in [-0.2, 0) is 0 Å². The fourth-order valence-electron chi connectivity index (χ4n) is 1.95. The Kier molecular flexibility index (Phi) is 4.22. The summed E-state index contributed by atoms with van der Waals surface area (Å²) in [6.07, 6.45) is -0.863. The van der Waals surface area contributed by atoms with Crippen molar-refractivity contribution >= 4 is 15.9 Å². The van der Waals surface area contributed by atoms with Gasteiger partial charge in [0.05, 0.1) is 7.11 Å². The van der Waals surface area contributed by atoms with E-state index in [1.54, 1.807) is 6.07 Å². The lowest BCUT2D eigenvalue weighted by atomic mass is 9.97. The maximum atomic E-state index is 13.7. The van der Waals surface area contributed by atoms with Gasteiger partial charge in [0.25, 0.3) is 0 Å². The molecule has 1 atom stereocenters. The first-order valence-electron chi connectivity index (χ1n) is 5.81. The minimum absolute atomic E-state index is 0.168. The van der Waals surface area contributed by atoms with E-state index in [4.69, 9.17) is 4.74 Å². The molecule has 2 nitrogen and oxygen atoms in total. The highest BCUT2D eigenvalue weighted by atomic mass is 79.9. The summed E-state index contributed by atoms with van der Waals surface area (Å²) in [5, 5.41) is 10.4. The van der Waals surface area contributed by atoms with Crippen LogP contribution in [-0.4, -0.2) is 12.2 Å². The van der Waals surface area contributed by atoms with Crippen LogP contribution in [0.2, 0.25) is 0 Å². The number of rotatable bonds is 3. The third kappa shape index (κ3) is 2.80. The predicted molar refractivity (Wildman–Crippen MR) is 75.9 cm³/mol. The molecule has 0 spiro atoms. The van der Waals surface area contributed by atoms with Crippen LogP contribution in [0.15, 0.2) is 40.9 Å². The van der Waals surface area contributed by atoms with Crippen molar-refractivity contribution in [3.05, 3.63) is 63.4 Å². The summed E-state index contributed by atoms with van der Waals surface area (Å²) in [5.74, 6) is -0.311. The number of methoxy groups -OCH3 is 1. The Hall–Kier alpha value is -1.39. The Morgan fingerprint density at radius 1 is 1.26 bits per heavy atom. The van der Waals surface area contributed by atoms with E-state index in [1.165, 1.54) is 19.2 Å². The summed E-state index contributed by atoms with van der Waals surface area (Å²) in [6, 6.07) is 10.0. The molecule has 0 radical (unpaired) electrons. The van der Waals surface area contributed by atoms with Crippen LogP contribution in [0.3, 0.4) is 0 Å². The first kappa shape index (κ1) is 14.0. The van der Waals surface area contributed by atoms with Gasteiger partial charge in [-0.15, -0.1) is 0 Å². The van der Waals surface area contributed by atoms with Gasteiger partial charge in [-0.1, -0.05) is 34.1 Å². The molecule has 19 heavy (non-hydrogen) atoms. The normalized spacial score (nSPS) is 12.3. The van der Waals surface area contributed by atoms with Gasteiger partial charge in [-0.05, 0) is 41.8 Å². The van der Waals surface area contributed by atoms with Crippen LogP contribution in [0.5, 0.6) is 5.75 Å². The van der Waals surface area contributed by atoms with E-state index in [2.05, 4.69) is 15.9 Å². The molecular weight excluding hydrogens is 311 g/mol. The van der Waals surface area contributed by atoms with Crippen molar-refractivity contribution in [3.63, 3.8) is 0 Å². The molecule has 0 bridgehead atoms. The molecular formula is C15H14BrFO2. The lowest BCUT2D eigenvalue weighted by molar-refractivity contribution is 0.218. The molecule has 0 saturated heterocycles. The minimum atomic E-state index is -0.863. The van der Waals surface area contributed by atoms with Gasteiger partial charge in [0.15, 0.2) is 11.6 Å². The third-order valence-corrected chi connectivity index (χ3v) is 3.95. The van der Waals surface area contributed by atoms with Gasteiger partial charge < -0.3 is 9.84 Å². The van der Waals surface area contributed by atoms with Crippen molar-refractivity contribution in [2.75, 3.05) is 7.11 Å². The van der Waals surface area contributed by atoms with Crippen LogP contribution >= 0.6 is 15.9 Å². The Labute approximate surface area is 120 Å². The Morgan fingerprint density at radius 2 is 2.00 bits per heavy atom. The maximum Gasteiger partial charge on any atom is 0.165 e. The fourth-order valence-corrected chi connectivity index (χ4v) is 2.33. The Morgan fingerprint density at radius 3 is 2.63 bits per heavy atom. The second kappa shape index (κ2) is 5.72. The Bertz CT molecular complexity index is 599. The highest BCUT2D eigenvalue weighted by Crippen LogP contribution is 2.30. The van der Waals surface area contributed by atoms with E-state index >= 15 is 0 Å². The van der Waals surface area contributed by atoms with Crippen molar-refractivity contribution in [1.29, 1.82) is 0 Å². The molecule has 2 aromatic rings. The Balaban J connectivity index is 2.41. The fraction of sp³-hybridized carbons (Fsp3) is 0.200. The number of hydrogen-bond donors (Lipinski definition) is 1. The molecule has 100 valence electrons. The van der Waals surface area contributed by atoms with Crippen molar-refractivity contribution in [1.82, 2.24) is 0 Å². The molecule has 0 aromatic heterocycles. The van der Waals surface area contributed by atoms with Crippen LogP contribution in [0.25, 0.3) is 0 Å². The number of hydrogen-bond acceptors (Lipinski definition) is 2. The highest BCUT2D eigenvalue weighted by Gasteiger charge is 2.16. The molecule has 0 saturated carbocycles. The lowest BCUT2D eigenvalue weighted by Gasteiger charge is -2.16. The monoisotopic (exact) mass is 324 g/mol. The summed E-state index contributed by atoms with van der Waals surface area (Å²) in [7, 11) is 1.41. The first-order valence-corrected chi connectivity index (χ1v) is 6.60. The van der Waals surface area contributed by atoms with Crippen molar-refractivity contribution in [3.8, 4) is 5.75 Å². The molecule has 2 aromatic carbocycles. The van der Waals surface area contributed by atoms with Crippen molar-refractivity contribution < 1.29 is 14.2 Å². The zero-order chi connectivity index (χ0) is 14.0.